The van der Waals surface area contributed by atoms with E-state index in [1.807, 2.05) is 54.1 Å². The van der Waals surface area contributed by atoms with Gasteiger partial charge in [0, 0.05) is 12.0 Å². The number of nitrogens with zero attached hydrogens (tertiary/aromatic N) is 3. The van der Waals surface area contributed by atoms with Gasteiger partial charge >= 0.3 is 0 Å². The summed E-state index contributed by atoms with van der Waals surface area (Å²) in [6.07, 6.45) is 2.34. The Morgan fingerprint density at radius 2 is 1.77 bits per heavy atom. The molecule has 156 valence electrons. The molecule has 0 amide bonds. The lowest BCUT2D eigenvalue weighted by atomic mass is 9.97. The van der Waals surface area contributed by atoms with Crippen LogP contribution in [0.25, 0.3) is 11.1 Å². The van der Waals surface area contributed by atoms with Gasteiger partial charge in [-0.05, 0) is 42.3 Å². The highest BCUT2D eigenvalue weighted by Crippen LogP contribution is 2.43. The number of rotatable bonds is 5. The first-order chi connectivity index (χ1) is 15.2. The maximum atomic E-state index is 5.70. The molecule has 0 bridgehead atoms. The van der Waals surface area contributed by atoms with Gasteiger partial charge in [0.2, 0.25) is 0 Å². The van der Waals surface area contributed by atoms with E-state index in [0.29, 0.717) is 17.9 Å². The van der Waals surface area contributed by atoms with E-state index in [-0.39, 0.29) is 6.04 Å². The van der Waals surface area contributed by atoms with Gasteiger partial charge in [0.1, 0.15) is 5.76 Å². The van der Waals surface area contributed by atoms with E-state index < -0.39 is 0 Å². The number of hydrogen-bond donors (Lipinski definition) is 0. The average Bonchev–Trinajstić information content (AvgIpc) is 3.46. The summed E-state index contributed by atoms with van der Waals surface area (Å²) in [5.41, 5.74) is 5.04. The molecule has 5 rings (SSSR count). The summed E-state index contributed by atoms with van der Waals surface area (Å²) in [4.78, 5) is 5.00. The van der Waals surface area contributed by atoms with Crippen molar-refractivity contribution in [1.29, 1.82) is 0 Å². The Hall–Kier alpha value is -3.80. The van der Waals surface area contributed by atoms with Gasteiger partial charge in [0.05, 0.1) is 37.9 Å². The summed E-state index contributed by atoms with van der Waals surface area (Å²) in [7, 11) is 3.29. The number of aliphatic imine (C=N–C) groups is 1. The van der Waals surface area contributed by atoms with Gasteiger partial charge in [0.25, 0.3) is 0 Å². The smallest absolute Gasteiger partial charge is 0.161 e. The third kappa shape index (κ3) is 3.30. The molecule has 0 N–H and O–H groups in total. The van der Waals surface area contributed by atoms with Crippen molar-refractivity contribution in [3.05, 3.63) is 83.9 Å². The molecule has 0 radical (unpaired) electrons. The van der Waals surface area contributed by atoms with Crippen LogP contribution in [0.4, 0.5) is 5.82 Å². The summed E-state index contributed by atoms with van der Waals surface area (Å²) in [6, 6.07) is 20.0. The molecule has 0 fully saturated rings. The van der Waals surface area contributed by atoms with Gasteiger partial charge in [-0.25, -0.2) is 9.67 Å². The molecule has 2 aromatic heterocycles. The number of methoxy groups -OCH3 is 2. The van der Waals surface area contributed by atoms with Crippen LogP contribution >= 0.6 is 0 Å². The zero-order valence-corrected chi connectivity index (χ0v) is 17.7. The van der Waals surface area contributed by atoms with E-state index in [4.69, 9.17) is 24.0 Å². The SMILES string of the molecule is COc1ccc([C@H]2CC(c3ccco3)=Nc3c(-c4ccccc4)c(C)nn32)cc1OC. The zero-order valence-electron chi connectivity index (χ0n) is 17.7. The molecular formula is C25H23N3O3. The van der Waals surface area contributed by atoms with Crippen LogP contribution < -0.4 is 9.47 Å². The van der Waals surface area contributed by atoms with Gasteiger partial charge in [-0.2, -0.15) is 5.10 Å². The summed E-state index contributed by atoms with van der Waals surface area (Å²) in [5, 5.41) is 4.91. The second-order valence-corrected chi connectivity index (χ2v) is 7.46. The summed E-state index contributed by atoms with van der Waals surface area (Å²) in [5.74, 6) is 3.00. The van der Waals surface area contributed by atoms with E-state index in [9.17, 15) is 0 Å². The summed E-state index contributed by atoms with van der Waals surface area (Å²) < 4.78 is 18.7. The van der Waals surface area contributed by atoms with E-state index in [1.165, 1.54) is 0 Å². The molecule has 0 spiro atoms. The van der Waals surface area contributed by atoms with Gasteiger partial charge < -0.3 is 13.9 Å². The van der Waals surface area contributed by atoms with Crippen LogP contribution in [0.2, 0.25) is 0 Å². The van der Waals surface area contributed by atoms with Crippen molar-refractivity contribution < 1.29 is 13.9 Å². The monoisotopic (exact) mass is 413 g/mol. The minimum Gasteiger partial charge on any atom is -0.493 e. The van der Waals surface area contributed by atoms with Crippen LogP contribution in [0.5, 0.6) is 11.5 Å². The second kappa shape index (κ2) is 7.80. The molecule has 6 heteroatoms. The Balaban J connectivity index is 1.70. The van der Waals surface area contributed by atoms with Crippen molar-refractivity contribution in [2.45, 2.75) is 19.4 Å². The fraction of sp³-hybridized carbons (Fsp3) is 0.200. The first-order valence-electron chi connectivity index (χ1n) is 10.2. The standard InChI is InChI=1S/C25H23N3O3/c1-16-24(17-8-5-4-6-9-17)25-26-19(21-10-7-13-31-21)15-20(28(25)27-16)18-11-12-22(29-2)23(14-18)30-3/h4-14,20H,15H2,1-3H3/t20-/m1/s1. The maximum absolute atomic E-state index is 5.70. The predicted octanol–water partition coefficient (Wildman–Crippen LogP) is 5.58. The first kappa shape index (κ1) is 19.2. The van der Waals surface area contributed by atoms with Crippen LogP contribution in [-0.2, 0) is 0 Å². The van der Waals surface area contributed by atoms with Crippen molar-refractivity contribution in [1.82, 2.24) is 9.78 Å². The molecule has 1 aliphatic heterocycles. The maximum Gasteiger partial charge on any atom is 0.161 e. The Morgan fingerprint density at radius 1 is 0.968 bits per heavy atom. The molecule has 1 aliphatic rings. The summed E-state index contributed by atoms with van der Waals surface area (Å²) >= 11 is 0. The highest BCUT2D eigenvalue weighted by Gasteiger charge is 2.31. The molecule has 3 heterocycles. The number of benzene rings is 2. The lowest BCUT2D eigenvalue weighted by Crippen LogP contribution is -2.21. The van der Waals surface area contributed by atoms with Crippen LogP contribution in [-0.4, -0.2) is 29.7 Å². The minimum atomic E-state index is -0.0523. The Bertz CT molecular complexity index is 1240. The van der Waals surface area contributed by atoms with Gasteiger partial charge in [-0.15, -0.1) is 0 Å². The molecule has 1 atom stereocenters. The van der Waals surface area contributed by atoms with E-state index in [2.05, 4.69) is 18.2 Å². The van der Waals surface area contributed by atoms with Crippen molar-refractivity contribution in [3.63, 3.8) is 0 Å². The molecular weight excluding hydrogens is 390 g/mol. The van der Waals surface area contributed by atoms with Gasteiger partial charge in [-0.1, -0.05) is 36.4 Å². The van der Waals surface area contributed by atoms with Crippen molar-refractivity contribution in [3.8, 4) is 22.6 Å². The molecule has 0 saturated heterocycles. The number of hydrogen-bond acceptors (Lipinski definition) is 5. The fourth-order valence-electron chi connectivity index (χ4n) is 4.16. The van der Waals surface area contributed by atoms with Crippen molar-refractivity contribution in [2.24, 2.45) is 4.99 Å². The van der Waals surface area contributed by atoms with E-state index >= 15 is 0 Å². The predicted molar refractivity (Wildman–Crippen MR) is 120 cm³/mol. The summed E-state index contributed by atoms with van der Waals surface area (Å²) in [6.45, 7) is 2.03. The molecule has 0 aliphatic carbocycles. The lowest BCUT2D eigenvalue weighted by Gasteiger charge is -2.25. The van der Waals surface area contributed by atoms with Gasteiger partial charge in [0.15, 0.2) is 17.3 Å². The molecule has 0 saturated carbocycles. The minimum absolute atomic E-state index is 0.0523. The van der Waals surface area contributed by atoms with Crippen molar-refractivity contribution >= 4 is 11.5 Å². The lowest BCUT2D eigenvalue weighted by molar-refractivity contribution is 0.353. The Kier molecular flexibility index (Phi) is 4.82. The zero-order chi connectivity index (χ0) is 21.4. The Morgan fingerprint density at radius 3 is 2.48 bits per heavy atom. The number of furan rings is 1. The average molecular weight is 413 g/mol. The third-order valence-corrected chi connectivity index (χ3v) is 5.64. The Labute approximate surface area is 180 Å². The van der Waals surface area contributed by atoms with E-state index in [0.717, 1.165) is 39.7 Å². The van der Waals surface area contributed by atoms with Crippen LogP contribution in [0.1, 0.15) is 29.5 Å². The normalized spacial score (nSPS) is 15.3. The number of aryl methyl sites for hydroxylation is 1. The second-order valence-electron chi connectivity index (χ2n) is 7.46. The largest absolute Gasteiger partial charge is 0.493 e. The quantitative estimate of drug-likeness (QED) is 0.428. The topological polar surface area (TPSA) is 61.8 Å². The van der Waals surface area contributed by atoms with Gasteiger partial charge in [-0.3, -0.25) is 0 Å². The van der Waals surface area contributed by atoms with Crippen LogP contribution in [0.3, 0.4) is 0 Å². The highest BCUT2D eigenvalue weighted by atomic mass is 16.5. The number of aromatic nitrogens is 2. The first-order valence-corrected chi connectivity index (χ1v) is 10.2. The molecule has 0 unspecified atom stereocenters. The highest BCUT2D eigenvalue weighted by molar-refractivity contribution is 6.02. The van der Waals surface area contributed by atoms with Crippen LogP contribution in [0.15, 0.2) is 76.3 Å². The number of ether oxygens (including phenoxy) is 2. The number of fused-ring (bicyclic) bond motifs is 1. The molecule has 4 aromatic rings. The molecule has 6 nitrogen and oxygen atoms in total. The fourth-order valence-corrected chi connectivity index (χ4v) is 4.16. The molecule has 31 heavy (non-hydrogen) atoms. The van der Waals surface area contributed by atoms with Crippen LogP contribution in [0, 0.1) is 6.92 Å². The van der Waals surface area contributed by atoms with Crippen molar-refractivity contribution in [2.75, 3.05) is 14.2 Å². The third-order valence-electron chi connectivity index (χ3n) is 5.64. The van der Waals surface area contributed by atoms with E-state index in [1.54, 1.807) is 20.5 Å². The molecule has 2 aromatic carbocycles.